The molecule has 4 rings (SSSR count). The SMILES string of the molecule is Brc1cccc2c1N[C@H](c1cccnc1)[C@@H]1CC=C[C@H]21. The van der Waals surface area contributed by atoms with Crippen molar-refractivity contribution in [2.45, 2.75) is 18.4 Å². The van der Waals surface area contributed by atoms with E-state index in [1.165, 1.54) is 16.8 Å². The summed E-state index contributed by atoms with van der Waals surface area (Å²) in [6.07, 6.45) is 9.62. The number of pyridine rings is 1. The molecule has 2 aromatic rings. The summed E-state index contributed by atoms with van der Waals surface area (Å²) < 4.78 is 1.14. The number of benzene rings is 1. The van der Waals surface area contributed by atoms with Gasteiger partial charge in [0.1, 0.15) is 0 Å². The Morgan fingerprint density at radius 1 is 1.20 bits per heavy atom. The molecule has 0 unspecified atom stereocenters. The van der Waals surface area contributed by atoms with Crippen LogP contribution in [-0.2, 0) is 0 Å². The van der Waals surface area contributed by atoms with Crippen molar-refractivity contribution in [2.75, 3.05) is 5.32 Å². The second-order valence-electron chi connectivity index (χ2n) is 5.47. The van der Waals surface area contributed by atoms with Gasteiger partial charge in [0.25, 0.3) is 0 Å². The minimum Gasteiger partial charge on any atom is -0.377 e. The van der Waals surface area contributed by atoms with Crippen LogP contribution in [0.2, 0.25) is 0 Å². The monoisotopic (exact) mass is 326 g/mol. The van der Waals surface area contributed by atoms with Crippen LogP contribution in [0.4, 0.5) is 5.69 Å². The second kappa shape index (κ2) is 4.74. The second-order valence-corrected chi connectivity index (χ2v) is 6.32. The fraction of sp³-hybridized carbons (Fsp3) is 0.235. The molecule has 2 heterocycles. The molecule has 1 aliphatic carbocycles. The zero-order chi connectivity index (χ0) is 13.5. The molecule has 3 atom stereocenters. The number of rotatable bonds is 1. The highest BCUT2D eigenvalue weighted by Gasteiger charge is 2.38. The Bertz CT molecular complexity index is 666. The average molecular weight is 327 g/mol. The van der Waals surface area contributed by atoms with Crippen molar-refractivity contribution >= 4 is 21.6 Å². The van der Waals surface area contributed by atoms with Gasteiger partial charge in [0, 0.05) is 22.8 Å². The minimum atomic E-state index is 0.329. The molecule has 2 aliphatic rings. The molecule has 0 saturated carbocycles. The lowest BCUT2D eigenvalue weighted by atomic mass is 9.77. The Balaban J connectivity index is 1.83. The van der Waals surface area contributed by atoms with Crippen molar-refractivity contribution < 1.29 is 0 Å². The number of anilines is 1. The van der Waals surface area contributed by atoms with E-state index in [4.69, 9.17) is 0 Å². The fourth-order valence-electron chi connectivity index (χ4n) is 3.47. The first-order valence-corrected chi connectivity index (χ1v) is 7.75. The van der Waals surface area contributed by atoms with Gasteiger partial charge in [0.15, 0.2) is 0 Å². The molecule has 20 heavy (non-hydrogen) atoms. The maximum Gasteiger partial charge on any atom is 0.0569 e. The number of aromatic nitrogens is 1. The highest BCUT2D eigenvalue weighted by molar-refractivity contribution is 9.10. The summed E-state index contributed by atoms with van der Waals surface area (Å²) in [5.74, 6) is 1.09. The van der Waals surface area contributed by atoms with Crippen LogP contribution < -0.4 is 5.32 Å². The normalized spacial score (nSPS) is 26.8. The van der Waals surface area contributed by atoms with Crippen LogP contribution in [0.3, 0.4) is 0 Å². The number of allylic oxidation sites excluding steroid dienone is 2. The Hall–Kier alpha value is -1.61. The lowest BCUT2D eigenvalue weighted by Gasteiger charge is -2.37. The third-order valence-corrected chi connectivity index (χ3v) is 5.05. The van der Waals surface area contributed by atoms with Gasteiger partial charge in [-0.3, -0.25) is 4.98 Å². The number of fused-ring (bicyclic) bond motifs is 3. The first-order chi connectivity index (χ1) is 9.84. The van der Waals surface area contributed by atoms with Gasteiger partial charge in [-0.15, -0.1) is 0 Å². The Kier molecular flexibility index (Phi) is 2.88. The Labute approximate surface area is 127 Å². The van der Waals surface area contributed by atoms with E-state index in [1.54, 1.807) is 0 Å². The molecule has 1 aromatic carbocycles. The maximum absolute atomic E-state index is 4.28. The minimum absolute atomic E-state index is 0.329. The maximum atomic E-state index is 4.28. The van der Waals surface area contributed by atoms with Gasteiger partial charge < -0.3 is 5.32 Å². The summed E-state index contributed by atoms with van der Waals surface area (Å²) in [7, 11) is 0. The highest BCUT2D eigenvalue weighted by Crippen LogP contribution is 2.51. The van der Waals surface area contributed by atoms with E-state index in [1.807, 2.05) is 18.5 Å². The standard InChI is InChI=1S/C17H15BrN2/c18-15-8-2-7-14-12-5-1-6-13(12)16(20-17(14)15)11-4-3-9-19-10-11/h1-5,7-10,12-13,16,20H,6H2/t12-,13+,16+/m0/s1. The van der Waals surface area contributed by atoms with E-state index in [-0.39, 0.29) is 0 Å². The van der Waals surface area contributed by atoms with Crippen molar-refractivity contribution in [3.05, 3.63) is 70.5 Å². The third-order valence-electron chi connectivity index (χ3n) is 4.39. The zero-order valence-corrected chi connectivity index (χ0v) is 12.5. The molecule has 1 aromatic heterocycles. The summed E-state index contributed by atoms with van der Waals surface area (Å²) in [5.41, 5.74) is 3.90. The van der Waals surface area contributed by atoms with E-state index in [0.29, 0.717) is 17.9 Å². The van der Waals surface area contributed by atoms with E-state index in [0.717, 1.165) is 10.9 Å². The van der Waals surface area contributed by atoms with E-state index >= 15 is 0 Å². The lowest BCUT2D eigenvalue weighted by molar-refractivity contribution is 0.424. The van der Waals surface area contributed by atoms with Crippen LogP contribution in [0.1, 0.15) is 29.5 Å². The highest BCUT2D eigenvalue weighted by atomic mass is 79.9. The number of para-hydroxylation sites is 1. The van der Waals surface area contributed by atoms with Crippen molar-refractivity contribution in [3.8, 4) is 0 Å². The number of hydrogen-bond donors (Lipinski definition) is 1. The molecular formula is C17H15BrN2. The molecule has 1 aliphatic heterocycles. The van der Waals surface area contributed by atoms with Crippen LogP contribution in [0.25, 0.3) is 0 Å². The molecule has 1 N–H and O–H groups in total. The Morgan fingerprint density at radius 3 is 3.00 bits per heavy atom. The molecule has 3 heteroatoms. The molecule has 0 radical (unpaired) electrons. The van der Waals surface area contributed by atoms with E-state index in [2.05, 4.69) is 62.6 Å². The molecule has 0 bridgehead atoms. The van der Waals surface area contributed by atoms with Crippen molar-refractivity contribution in [1.29, 1.82) is 0 Å². The predicted molar refractivity (Wildman–Crippen MR) is 84.7 cm³/mol. The van der Waals surface area contributed by atoms with Crippen LogP contribution in [0, 0.1) is 5.92 Å². The smallest absolute Gasteiger partial charge is 0.0569 e. The quantitative estimate of drug-likeness (QED) is 0.770. The summed E-state index contributed by atoms with van der Waals surface area (Å²) >= 11 is 3.68. The van der Waals surface area contributed by atoms with Crippen molar-refractivity contribution in [2.24, 2.45) is 5.92 Å². The van der Waals surface area contributed by atoms with Gasteiger partial charge in [-0.25, -0.2) is 0 Å². The first-order valence-electron chi connectivity index (χ1n) is 6.96. The summed E-state index contributed by atoms with van der Waals surface area (Å²) in [6.45, 7) is 0. The molecule has 2 nitrogen and oxygen atoms in total. The summed E-state index contributed by atoms with van der Waals surface area (Å²) in [5, 5.41) is 3.73. The van der Waals surface area contributed by atoms with Crippen LogP contribution in [0.15, 0.2) is 59.4 Å². The molecule has 0 fully saturated rings. The lowest BCUT2D eigenvalue weighted by Crippen LogP contribution is -2.29. The van der Waals surface area contributed by atoms with Gasteiger partial charge in [-0.05, 0) is 51.5 Å². The number of hydrogen-bond acceptors (Lipinski definition) is 2. The third kappa shape index (κ3) is 1.80. The summed E-state index contributed by atoms with van der Waals surface area (Å²) in [6, 6.07) is 11.0. The van der Waals surface area contributed by atoms with E-state index < -0.39 is 0 Å². The molecule has 0 saturated heterocycles. The van der Waals surface area contributed by atoms with Gasteiger partial charge >= 0.3 is 0 Å². The Morgan fingerprint density at radius 2 is 2.15 bits per heavy atom. The molecule has 0 spiro atoms. The average Bonchev–Trinajstić information content (AvgIpc) is 2.97. The molecule has 100 valence electrons. The van der Waals surface area contributed by atoms with Crippen LogP contribution >= 0.6 is 15.9 Å². The fourth-order valence-corrected chi connectivity index (χ4v) is 3.97. The molecule has 0 amide bonds. The van der Waals surface area contributed by atoms with Crippen molar-refractivity contribution in [3.63, 3.8) is 0 Å². The molecular weight excluding hydrogens is 312 g/mol. The van der Waals surface area contributed by atoms with E-state index in [9.17, 15) is 0 Å². The predicted octanol–water partition coefficient (Wildman–Crippen LogP) is 4.67. The van der Waals surface area contributed by atoms with Gasteiger partial charge in [-0.2, -0.15) is 0 Å². The summed E-state index contributed by atoms with van der Waals surface area (Å²) in [4.78, 5) is 4.28. The first kappa shape index (κ1) is 12.2. The number of halogens is 1. The van der Waals surface area contributed by atoms with Gasteiger partial charge in [0.05, 0.1) is 11.7 Å². The largest absolute Gasteiger partial charge is 0.377 e. The topological polar surface area (TPSA) is 24.9 Å². The van der Waals surface area contributed by atoms with Gasteiger partial charge in [-0.1, -0.05) is 30.4 Å². The number of nitrogens with zero attached hydrogens (tertiary/aromatic N) is 1. The van der Waals surface area contributed by atoms with Crippen LogP contribution in [-0.4, -0.2) is 4.98 Å². The van der Waals surface area contributed by atoms with Crippen molar-refractivity contribution in [1.82, 2.24) is 4.98 Å². The van der Waals surface area contributed by atoms with Crippen LogP contribution in [0.5, 0.6) is 0 Å². The van der Waals surface area contributed by atoms with Gasteiger partial charge in [0.2, 0.25) is 0 Å². The zero-order valence-electron chi connectivity index (χ0n) is 11.0. The number of nitrogens with one attached hydrogen (secondary N) is 1.